The van der Waals surface area contributed by atoms with Gasteiger partial charge in [-0.1, -0.05) is 19.1 Å². The molecule has 2 heterocycles. The molecular formula is C18H25N3O4. The molecule has 7 heteroatoms. The van der Waals surface area contributed by atoms with Gasteiger partial charge >= 0.3 is 0 Å². The van der Waals surface area contributed by atoms with Crippen molar-refractivity contribution >= 4 is 16.9 Å². The summed E-state index contributed by atoms with van der Waals surface area (Å²) in [4.78, 5) is 19.0. The third kappa shape index (κ3) is 3.40. The van der Waals surface area contributed by atoms with Gasteiger partial charge in [0.25, 0.3) is 0 Å². The molecule has 1 aliphatic heterocycles. The Hall–Kier alpha value is -1.96. The van der Waals surface area contributed by atoms with E-state index < -0.39 is 18.2 Å². The standard InChI is InChI=1S/C18H25N3O4/c1-4-16-19-12-7-5-6-8-13(12)21(16)9-17(22)20(2)14-10-25-11-15(24-3)18(14)23/h5-8,14-15,18,23H,4,9-11H2,1-3H3/t14-,15-,18+/m1/s1. The molecule has 1 fully saturated rings. The summed E-state index contributed by atoms with van der Waals surface area (Å²) in [5.74, 6) is 0.778. The zero-order chi connectivity index (χ0) is 18.0. The summed E-state index contributed by atoms with van der Waals surface area (Å²) in [5.41, 5.74) is 1.83. The van der Waals surface area contributed by atoms with E-state index in [1.54, 1.807) is 11.9 Å². The lowest BCUT2D eigenvalue weighted by molar-refractivity contribution is -0.158. The highest BCUT2D eigenvalue weighted by atomic mass is 16.5. The Morgan fingerprint density at radius 3 is 2.92 bits per heavy atom. The van der Waals surface area contributed by atoms with Gasteiger partial charge in [-0.05, 0) is 12.1 Å². The number of fused-ring (bicyclic) bond motifs is 1. The zero-order valence-electron chi connectivity index (χ0n) is 14.9. The van der Waals surface area contributed by atoms with Crippen LogP contribution in [0.4, 0.5) is 0 Å². The monoisotopic (exact) mass is 347 g/mol. The fraction of sp³-hybridized carbons (Fsp3) is 0.556. The second-order valence-corrected chi connectivity index (χ2v) is 6.33. The van der Waals surface area contributed by atoms with Crippen LogP contribution in [-0.2, 0) is 27.2 Å². The summed E-state index contributed by atoms with van der Waals surface area (Å²) in [5, 5.41) is 10.4. The minimum atomic E-state index is -0.766. The second-order valence-electron chi connectivity index (χ2n) is 6.33. The van der Waals surface area contributed by atoms with Crippen LogP contribution in [0.3, 0.4) is 0 Å². The summed E-state index contributed by atoms with van der Waals surface area (Å²) < 4.78 is 12.7. The molecule has 0 aliphatic carbocycles. The lowest BCUT2D eigenvalue weighted by Crippen LogP contribution is -2.57. The molecule has 1 saturated heterocycles. The van der Waals surface area contributed by atoms with Crippen LogP contribution in [0, 0.1) is 0 Å². The summed E-state index contributed by atoms with van der Waals surface area (Å²) in [7, 11) is 3.23. The number of hydrogen-bond acceptors (Lipinski definition) is 5. The van der Waals surface area contributed by atoms with Crippen LogP contribution in [0.25, 0.3) is 11.0 Å². The summed E-state index contributed by atoms with van der Waals surface area (Å²) >= 11 is 0. The van der Waals surface area contributed by atoms with E-state index >= 15 is 0 Å². The first kappa shape index (κ1) is 17.8. The van der Waals surface area contributed by atoms with Crippen molar-refractivity contribution < 1.29 is 19.4 Å². The normalized spacial score (nSPS) is 23.8. The average Bonchev–Trinajstić information content (AvgIpc) is 2.99. The molecule has 0 saturated carbocycles. The van der Waals surface area contributed by atoms with Gasteiger partial charge in [0.15, 0.2) is 0 Å². The van der Waals surface area contributed by atoms with Crippen LogP contribution in [0.1, 0.15) is 12.7 Å². The summed E-state index contributed by atoms with van der Waals surface area (Å²) in [6.07, 6.45) is -0.445. The molecule has 0 radical (unpaired) electrons. The van der Waals surface area contributed by atoms with Crippen molar-refractivity contribution in [2.24, 2.45) is 0 Å². The van der Waals surface area contributed by atoms with Gasteiger partial charge < -0.3 is 24.0 Å². The Morgan fingerprint density at radius 1 is 1.44 bits per heavy atom. The van der Waals surface area contributed by atoms with Crippen molar-refractivity contribution in [1.29, 1.82) is 0 Å². The van der Waals surface area contributed by atoms with Crippen LogP contribution < -0.4 is 0 Å². The van der Waals surface area contributed by atoms with E-state index in [-0.39, 0.29) is 12.5 Å². The average molecular weight is 347 g/mol. The van der Waals surface area contributed by atoms with Crippen LogP contribution in [-0.4, -0.2) is 71.1 Å². The summed E-state index contributed by atoms with van der Waals surface area (Å²) in [6.45, 7) is 2.84. The number of imidazole rings is 1. The number of likely N-dealkylation sites (N-methyl/N-ethyl adjacent to an activating group) is 1. The summed E-state index contributed by atoms with van der Waals surface area (Å²) in [6, 6.07) is 7.37. The van der Waals surface area contributed by atoms with Gasteiger partial charge in [-0.3, -0.25) is 4.79 Å². The van der Waals surface area contributed by atoms with E-state index in [0.717, 1.165) is 23.3 Å². The molecule has 1 aromatic carbocycles. The van der Waals surface area contributed by atoms with E-state index in [2.05, 4.69) is 4.98 Å². The number of methoxy groups -OCH3 is 1. The first-order valence-electron chi connectivity index (χ1n) is 8.55. The Labute approximate surface area is 147 Å². The number of carbonyl (C=O) groups is 1. The number of para-hydroxylation sites is 2. The minimum absolute atomic E-state index is 0.0951. The molecule has 0 spiro atoms. The van der Waals surface area contributed by atoms with Gasteiger partial charge in [-0.15, -0.1) is 0 Å². The maximum Gasteiger partial charge on any atom is 0.242 e. The van der Waals surface area contributed by atoms with Crippen LogP contribution in [0.15, 0.2) is 24.3 Å². The molecule has 1 aliphatic rings. The lowest BCUT2D eigenvalue weighted by Gasteiger charge is -2.39. The topological polar surface area (TPSA) is 76.8 Å². The first-order valence-corrected chi connectivity index (χ1v) is 8.55. The number of benzene rings is 1. The van der Waals surface area contributed by atoms with Crippen molar-refractivity contribution in [3.63, 3.8) is 0 Å². The third-order valence-corrected chi connectivity index (χ3v) is 4.88. The smallest absolute Gasteiger partial charge is 0.242 e. The van der Waals surface area contributed by atoms with E-state index in [0.29, 0.717) is 13.2 Å². The number of amides is 1. The number of ether oxygens (including phenoxy) is 2. The number of nitrogens with zero attached hydrogens (tertiary/aromatic N) is 3. The van der Waals surface area contributed by atoms with E-state index in [1.165, 1.54) is 7.11 Å². The number of aryl methyl sites for hydroxylation is 1. The number of hydrogen-bond donors (Lipinski definition) is 1. The second kappa shape index (κ2) is 7.51. The third-order valence-electron chi connectivity index (χ3n) is 4.88. The number of aliphatic hydroxyl groups is 1. The van der Waals surface area contributed by atoms with Crippen LogP contribution >= 0.6 is 0 Å². The molecule has 0 unspecified atom stereocenters. The van der Waals surface area contributed by atoms with Gasteiger partial charge in [-0.2, -0.15) is 0 Å². The Balaban J connectivity index is 1.80. The zero-order valence-corrected chi connectivity index (χ0v) is 14.9. The van der Waals surface area contributed by atoms with Crippen molar-refractivity contribution in [3.05, 3.63) is 30.1 Å². The lowest BCUT2D eigenvalue weighted by atomic mass is 10.0. The first-order chi connectivity index (χ1) is 12.1. The molecule has 1 N–H and O–H groups in total. The molecule has 136 valence electrons. The Bertz CT molecular complexity index is 745. The van der Waals surface area contributed by atoms with Gasteiger partial charge in [0.2, 0.25) is 5.91 Å². The molecule has 7 nitrogen and oxygen atoms in total. The Kier molecular flexibility index (Phi) is 5.36. The SMILES string of the molecule is CCc1nc2ccccc2n1CC(=O)N(C)[C@@H]1COC[C@@H](OC)[C@H]1O. The number of aliphatic hydroxyl groups excluding tert-OH is 1. The van der Waals surface area contributed by atoms with Crippen LogP contribution in [0.5, 0.6) is 0 Å². The van der Waals surface area contributed by atoms with E-state index in [4.69, 9.17) is 9.47 Å². The van der Waals surface area contributed by atoms with Gasteiger partial charge in [0.05, 0.1) is 30.3 Å². The maximum atomic E-state index is 12.8. The maximum absolute atomic E-state index is 12.8. The van der Waals surface area contributed by atoms with E-state index in [1.807, 2.05) is 35.8 Å². The molecular weight excluding hydrogens is 322 g/mol. The molecule has 3 rings (SSSR count). The number of aromatic nitrogens is 2. The predicted molar refractivity (Wildman–Crippen MR) is 93.3 cm³/mol. The van der Waals surface area contributed by atoms with Crippen molar-refractivity contribution in [2.75, 3.05) is 27.4 Å². The molecule has 1 amide bonds. The molecule has 1 aromatic heterocycles. The molecule has 0 bridgehead atoms. The van der Waals surface area contributed by atoms with Crippen LogP contribution in [0.2, 0.25) is 0 Å². The van der Waals surface area contributed by atoms with Gasteiger partial charge in [0.1, 0.15) is 24.6 Å². The largest absolute Gasteiger partial charge is 0.388 e. The predicted octanol–water partition coefficient (Wildman–Crippen LogP) is 0.832. The molecule has 2 aromatic rings. The van der Waals surface area contributed by atoms with Gasteiger partial charge in [0, 0.05) is 20.6 Å². The highest BCUT2D eigenvalue weighted by Gasteiger charge is 2.37. The highest BCUT2D eigenvalue weighted by molar-refractivity contribution is 5.81. The molecule has 3 atom stereocenters. The molecule has 25 heavy (non-hydrogen) atoms. The number of rotatable bonds is 5. The van der Waals surface area contributed by atoms with Crippen molar-refractivity contribution in [2.45, 2.75) is 38.1 Å². The quantitative estimate of drug-likeness (QED) is 0.867. The van der Waals surface area contributed by atoms with E-state index in [9.17, 15) is 9.90 Å². The Morgan fingerprint density at radius 2 is 2.20 bits per heavy atom. The fourth-order valence-corrected chi connectivity index (χ4v) is 3.30. The van der Waals surface area contributed by atoms with Crippen molar-refractivity contribution in [1.82, 2.24) is 14.5 Å². The van der Waals surface area contributed by atoms with Crippen molar-refractivity contribution in [3.8, 4) is 0 Å². The highest BCUT2D eigenvalue weighted by Crippen LogP contribution is 2.19. The minimum Gasteiger partial charge on any atom is -0.388 e. The van der Waals surface area contributed by atoms with Gasteiger partial charge in [-0.25, -0.2) is 4.98 Å². The number of carbonyl (C=O) groups excluding carboxylic acids is 1. The fourth-order valence-electron chi connectivity index (χ4n) is 3.30.